The van der Waals surface area contributed by atoms with E-state index in [0.717, 1.165) is 31.2 Å². The Morgan fingerprint density at radius 3 is 2.48 bits per heavy atom. The van der Waals surface area contributed by atoms with E-state index < -0.39 is 11.7 Å². The van der Waals surface area contributed by atoms with Crippen LogP contribution in [0.2, 0.25) is 0 Å². The van der Waals surface area contributed by atoms with Crippen molar-refractivity contribution in [3.05, 3.63) is 71.0 Å². The normalized spacial score (nSPS) is 21.3. The lowest BCUT2D eigenvalue weighted by atomic mass is 9.98. The third-order valence-corrected chi connectivity index (χ3v) is 5.26. The maximum Gasteiger partial charge on any atom is 0.196 e. The van der Waals surface area contributed by atoms with Gasteiger partial charge in [-0.05, 0) is 55.7 Å². The van der Waals surface area contributed by atoms with Gasteiger partial charge in [-0.1, -0.05) is 37.3 Å². The van der Waals surface area contributed by atoms with Crippen LogP contribution in [0.15, 0.2) is 59.9 Å². The number of hydrogen-bond acceptors (Lipinski definition) is 3. The van der Waals surface area contributed by atoms with Gasteiger partial charge in [0, 0.05) is 0 Å². The molecule has 0 aliphatic carbocycles. The zero-order valence-electron chi connectivity index (χ0n) is 17.7. The molecule has 0 radical (unpaired) electrons. The van der Waals surface area contributed by atoms with Crippen molar-refractivity contribution in [2.75, 3.05) is 20.3 Å². The molecule has 0 saturated carbocycles. The minimum atomic E-state index is -0.968. The predicted molar refractivity (Wildman–Crippen MR) is 112 cm³/mol. The Bertz CT molecular complexity index is 714. The topological polar surface area (TPSA) is 27.7 Å². The number of hydrogen-bond donors (Lipinski definition) is 0. The molecule has 0 aromatic heterocycles. The van der Waals surface area contributed by atoms with Crippen molar-refractivity contribution in [1.82, 2.24) is 0 Å². The van der Waals surface area contributed by atoms with E-state index in [1.165, 1.54) is 19.6 Å². The molecule has 160 valence electrons. The highest BCUT2D eigenvalue weighted by Crippen LogP contribution is 2.30. The van der Waals surface area contributed by atoms with Gasteiger partial charge in [0.2, 0.25) is 0 Å². The monoisotopic (exact) mass is 406 g/mol. The Balaban J connectivity index is 1.87. The molecule has 2 atom stereocenters. The lowest BCUT2D eigenvalue weighted by Gasteiger charge is -2.29. The van der Waals surface area contributed by atoms with E-state index in [1.807, 2.05) is 6.08 Å². The minimum absolute atomic E-state index is 0.0451. The van der Waals surface area contributed by atoms with Crippen LogP contribution in [0.3, 0.4) is 0 Å². The third kappa shape index (κ3) is 6.79. The van der Waals surface area contributed by atoms with Gasteiger partial charge >= 0.3 is 0 Å². The summed E-state index contributed by atoms with van der Waals surface area (Å²) in [6.07, 6.45) is 5.83. The zero-order valence-corrected chi connectivity index (χ0v) is 17.7. The van der Waals surface area contributed by atoms with Crippen LogP contribution in [0.25, 0.3) is 0 Å². The SMILES string of the molecule is C=CCCc1ccc(C2CCC(OC/C(CC)=C(F)/C(F)=C(\C)OC)CO2)cc1. The van der Waals surface area contributed by atoms with E-state index in [9.17, 15) is 8.78 Å². The molecule has 5 heteroatoms. The van der Waals surface area contributed by atoms with E-state index in [2.05, 4.69) is 30.8 Å². The summed E-state index contributed by atoms with van der Waals surface area (Å²) < 4.78 is 44.8. The first kappa shape index (κ1) is 23.3. The van der Waals surface area contributed by atoms with Crippen LogP contribution < -0.4 is 0 Å². The quantitative estimate of drug-likeness (QED) is 0.251. The summed E-state index contributed by atoms with van der Waals surface area (Å²) in [4.78, 5) is 0. The highest BCUT2D eigenvalue weighted by atomic mass is 19.2. The first-order valence-corrected chi connectivity index (χ1v) is 10.2. The first-order valence-electron chi connectivity index (χ1n) is 10.2. The summed E-state index contributed by atoms with van der Waals surface area (Å²) >= 11 is 0. The highest BCUT2D eigenvalue weighted by molar-refractivity contribution is 5.27. The van der Waals surface area contributed by atoms with Crippen LogP contribution in [-0.2, 0) is 20.6 Å². The maximum absolute atomic E-state index is 14.3. The van der Waals surface area contributed by atoms with E-state index in [4.69, 9.17) is 14.2 Å². The maximum atomic E-state index is 14.3. The molecule has 1 heterocycles. The molecule has 0 N–H and O–H groups in total. The molecule has 1 aromatic carbocycles. The van der Waals surface area contributed by atoms with Crippen LogP contribution >= 0.6 is 0 Å². The predicted octanol–water partition coefficient (Wildman–Crippen LogP) is 6.52. The molecule has 1 saturated heterocycles. The number of methoxy groups -OCH3 is 1. The summed E-state index contributed by atoms with van der Waals surface area (Å²) in [5, 5.41) is 0. The van der Waals surface area contributed by atoms with Gasteiger partial charge in [0.05, 0.1) is 32.5 Å². The van der Waals surface area contributed by atoms with Gasteiger partial charge in [-0.2, -0.15) is 0 Å². The zero-order chi connectivity index (χ0) is 21.2. The van der Waals surface area contributed by atoms with Gasteiger partial charge in [-0.3, -0.25) is 0 Å². The average Bonchev–Trinajstić information content (AvgIpc) is 2.77. The molecule has 0 bridgehead atoms. The Labute approximate surface area is 173 Å². The van der Waals surface area contributed by atoms with E-state index in [-0.39, 0.29) is 30.1 Å². The van der Waals surface area contributed by atoms with Crippen LogP contribution in [0, 0.1) is 0 Å². The van der Waals surface area contributed by atoms with Crippen molar-refractivity contribution in [3.8, 4) is 0 Å². The van der Waals surface area contributed by atoms with Gasteiger partial charge in [0.1, 0.15) is 5.76 Å². The fraction of sp³-hybridized carbons (Fsp3) is 0.500. The largest absolute Gasteiger partial charge is 0.498 e. The minimum Gasteiger partial charge on any atom is -0.498 e. The third-order valence-electron chi connectivity index (χ3n) is 5.26. The molecule has 0 spiro atoms. The second-order valence-electron chi connectivity index (χ2n) is 7.25. The molecule has 1 aliphatic rings. The molecule has 2 rings (SSSR count). The van der Waals surface area contributed by atoms with Crippen molar-refractivity contribution in [2.24, 2.45) is 0 Å². The summed E-state index contributed by atoms with van der Waals surface area (Å²) in [6.45, 7) is 7.41. The molecular weight excluding hydrogens is 374 g/mol. The van der Waals surface area contributed by atoms with E-state index >= 15 is 0 Å². The van der Waals surface area contributed by atoms with Gasteiger partial charge in [-0.25, -0.2) is 8.78 Å². The number of allylic oxidation sites excluding steroid dienone is 4. The average molecular weight is 407 g/mol. The molecule has 1 aromatic rings. The number of benzene rings is 1. The molecule has 1 aliphatic heterocycles. The number of aryl methyl sites for hydroxylation is 1. The number of ether oxygens (including phenoxy) is 3. The molecule has 3 nitrogen and oxygen atoms in total. The first-order chi connectivity index (χ1) is 14.0. The van der Waals surface area contributed by atoms with Crippen LogP contribution in [0.5, 0.6) is 0 Å². The fourth-order valence-electron chi connectivity index (χ4n) is 3.23. The summed E-state index contributed by atoms with van der Waals surface area (Å²) in [7, 11) is 1.31. The van der Waals surface area contributed by atoms with Crippen molar-refractivity contribution in [3.63, 3.8) is 0 Å². The fourth-order valence-corrected chi connectivity index (χ4v) is 3.23. The number of halogens is 2. The van der Waals surface area contributed by atoms with Crippen molar-refractivity contribution in [1.29, 1.82) is 0 Å². The van der Waals surface area contributed by atoms with Crippen LogP contribution in [0.4, 0.5) is 8.78 Å². The summed E-state index contributed by atoms with van der Waals surface area (Å²) in [5.41, 5.74) is 2.74. The van der Waals surface area contributed by atoms with E-state index in [0.29, 0.717) is 13.0 Å². The van der Waals surface area contributed by atoms with Gasteiger partial charge in [0.15, 0.2) is 11.7 Å². The Hall–Kier alpha value is -1.98. The smallest absolute Gasteiger partial charge is 0.196 e. The van der Waals surface area contributed by atoms with Crippen LogP contribution in [-0.4, -0.2) is 26.4 Å². The van der Waals surface area contributed by atoms with E-state index in [1.54, 1.807) is 6.92 Å². The molecular formula is C24H32F2O3. The van der Waals surface area contributed by atoms with Crippen LogP contribution in [0.1, 0.15) is 56.8 Å². The Morgan fingerprint density at radius 1 is 1.21 bits per heavy atom. The van der Waals surface area contributed by atoms with Crippen molar-refractivity contribution in [2.45, 2.75) is 58.2 Å². The lowest BCUT2D eigenvalue weighted by Crippen LogP contribution is -2.28. The Morgan fingerprint density at radius 2 is 1.93 bits per heavy atom. The van der Waals surface area contributed by atoms with Gasteiger partial charge in [-0.15, -0.1) is 6.58 Å². The molecule has 0 amide bonds. The van der Waals surface area contributed by atoms with Crippen molar-refractivity contribution < 1.29 is 23.0 Å². The number of rotatable bonds is 10. The highest BCUT2D eigenvalue weighted by Gasteiger charge is 2.24. The molecule has 1 fully saturated rings. The second kappa shape index (κ2) is 11.9. The van der Waals surface area contributed by atoms with Gasteiger partial charge in [0.25, 0.3) is 0 Å². The van der Waals surface area contributed by atoms with Crippen molar-refractivity contribution >= 4 is 0 Å². The standard InChI is InChI=1S/C24H32F2O3/c1-5-7-8-18-9-11-20(12-10-18)22-14-13-21(16-29-22)28-15-19(6-2)24(26)23(25)17(3)27-4/h5,9-12,21-22H,1,6-8,13-16H2,2-4H3/b23-17-,24-19-. The van der Waals surface area contributed by atoms with Gasteiger partial charge < -0.3 is 14.2 Å². The Kier molecular flexibility index (Phi) is 9.55. The molecule has 2 unspecified atom stereocenters. The lowest BCUT2D eigenvalue weighted by molar-refractivity contribution is -0.0824. The summed E-state index contributed by atoms with van der Waals surface area (Å²) in [6, 6.07) is 8.50. The second-order valence-corrected chi connectivity index (χ2v) is 7.25. The molecule has 29 heavy (non-hydrogen) atoms. The summed E-state index contributed by atoms with van der Waals surface area (Å²) in [5.74, 6) is -1.93.